The van der Waals surface area contributed by atoms with Gasteiger partial charge in [-0.25, -0.2) is 4.98 Å². The van der Waals surface area contributed by atoms with Gasteiger partial charge in [0.1, 0.15) is 0 Å². The molecule has 3 aliphatic rings. The minimum absolute atomic E-state index is 0.0472. The van der Waals surface area contributed by atoms with Gasteiger partial charge in [-0.15, -0.1) is 0 Å². The Hall–Kier alpha value is -2.63. The lowest BCUT2D eigenvalue weighted by Gasteiger charge is -2.42. The van der Waals surface area contributed by atoms with E-state index in [4.69, 9.17) is 4.98 Å². The van der Waals surface area contributed by atoms with Crippen molar-refractivity contribution >= 4 is 11.8 Å². The number of hydrogen-bond acceptors (Lipinski definition) is 3. The molecule has 2 amide bonds. The average Bonchev–Trinajstić information content (AvgIpc) is 3.32. The summed E-state index contributed by atoms with van der Waals surface area (Å²) in [6, 6.07) is 8.48. The molecular weight excluding hydrogens is 412 g/mol. The lowest BCUT2D eigenvalue weighted by Crippen LogP contribution is -2.53. The van der Waals surface area contributed by atoms with E-state index in [1.54, 1.807) is 0 Å². The predicted molar refractivity (Wildman–Crippen MR) is 128 cm³/mol. The standard InChI is InChI=1S/C27H36N4O2/c1-19(2)31-16-24(28-18-31)23-15-30(25(32)13-21-7-5-20(3)6-8-21)17-27(23)11-4-12-29(26(27)33)14-22-9-10-22/h5-8,16,18-19,22-23H,4,9-15,17H2,1-3H3/t23-,27-/m1/s1. The lowest BCUT2D eigenvalue weighted by molar-refractivity contribution is -0.147. The van der Waals surface area contributed by atoms with Crippen molar-refractivity contribution in [2.75, 3.05) is 26.2 Å². The number of benzene rings is 1. The first kappa shape index (κ1) is 22.2. The van der Waals surface area contributed by atoms with Crippen LogP contribution in [0.2, 0.25) is 0 Å². The second-order valence-corrected chi connectivity index (χ2v) is 10.8. The van der Waals surface area contributed by atoms with Crippen LogP contribution in [-0.4, -0.2) is 57.3 Å². The molecule has 1 aromatic carbocycles. The highest BCUT2D eigenvalue weighted by atomic mass is 16.2. The van der Waals surface area contributed by atoms with Crippen molar-refractivity contribution in [2.24, 2.45) is 11.3 Å². The average molecular weight is 449 g/mol. The van der Waals surface area contributed by atoms with Gasteiger partial charge >= 0.3 is 0 Å². The van der Waals surface area contributed by atoms with E-state index in [0.717, 1.165) is 37.2 Å². The number of rotatable bonds is 6. The van der Waals surface area contributed by atoms with E-state index in [1.165, 1.54) is 18.4 Å². The molecule has 3 heterocycles. The number of imidazole rings is 1. The Labute approximate surface area is 197 Å². The Morgan fingerprint density at radius 2 is 1.97 bits per heavy atom. The zero-order valence-electron chi connectivity index (χ0n) is 20.2. The molecule has 1 aliphatic carbocycles. The smallest absolute Gasteiger partial charge is 0.231 e. The first-order valence-electron chi connectivity index (χ1n) is 12.5. The van der Waals surface area contributed by atoms with Crippen LogP contribution < -0.4 is 0 Å². The zero-order valence-corrected chi connectivity index (χ0v) is 20.2. The van der Waals surface area contributed by atoms with Crippen LogP contribution in [0.1, 0.15) is 68.3 Å². The summed E-state index contributed by atoms with van der Waals surface area (Å²) < 4.78 is 2.11. The highest BCUT2D eigenvalue weighted by Crippen LogP contribution is 2.49. The maximum atomic E-state index is 14.0. The van der Waals surface area contributed by atoms with Gasteiger partial charge in [-0.3, -0.25) is 9.59 Å². The van der Waals surface area contributed by atoms with Crippen LogP contribution in [-0.2, 0) is 16.0 Å². The van der Waals surface area contributed by atoms with E-state index in [-0.39, 0.29) is 17.7 Å². The highest BCUT2D eigenvalue weighted by Gasteiger charge is 2.57. The molecular formula is C27H36N4O2. The van der Waals surface area contributed by atoms with Crippen molar-refractivity contribution < 1.29 is 9.59 Å². The molecule has 0 radical (unpaired) electrons. The van der Waals surface area contributed by atoms with Crippen LogP contribution in [0.25, 0.3) is 0 Å². The molecule has 2 atom stereocenters. The summed E-state index contributed by atoms with van der Waals surface area (Å²) in [6.45, 7) is 9.14. The highest BCUT2D eigenvalue weighted by molar-refractivity contribution is 5.88. The number of carbonyl (C=O) groups is 2. The van der Waals surface area contributed by atoms with E-state index in [2.05, 4.69) is 48.6 Å². The first-order chi connectivity index (χ1) is 15.9. The third kappa shape index (κ3) is 4.32. The molecule has 3 fully saturated rings. The van der Waals surface area contributed by atoms with Crippen LogP contribution in [0, 0.1) is 18.3 Å². The van der Waals surface area contributed by atoms with Crippen molar-refractivity contribution in [3.63, 3.8) is 0 Å². The third-order valence-corrected chi connectivity index (χ3v) is 7.89. The van der Waals surface area contributed by atoms with Gasteiger partial charge in [0.05, 0.1) is 23.9 Å². The van der Waals surface area contributed by atoms with Gasteiger partial charge in [-0.2, -0.15) is 0 Å². The van der Waals surface area contributed by atoms with Crippen LogP contribution in [0.15, 0.2) is 36.8 Å². The molecule has 2 aromatic rings. The molecule has 2 saturated heterocycles. The summed E-state index contributed by atoms with van der Waals surface area (Å²) in [5.41, 5.74) is 2.62. The Balaban J connectivity index is 1.43. The number of aryl methyl sites for hydroxylation is 1. The van der Waals surface area contributed by atoms with Crippen LogP contribution in [0.4, 0.5) is 0 Å². The van der Waals surface area contributed by atoms with Gasteiger partial charge in [0.15, 0.2) is 0 Å². The number of aromatic nitrogens is 2. The fraction of sp³-hybridized carbons (Fsp3) is 0.593. The molecule has 33 heavy (non-hydrogen) atoms. The number of carbonyl (C=O) groups excluding carboxylic acids is 2. The van der Waals surface area contributed by atoms with Gasteiger partial charge < -0.3 is 14.4 Å². The van der Waals surface area contributed by atoms with Gasteiger partial charge in [0, 0.05) is 44.3 Å². The topological polar surface area (TPSA) is 58.4 Å². The van der Waals surface area contributed by atoms with Crippen molar-refractivity contribution in [2.45, 2.75) is 64.8 Å². The molecule has 1 spiro atoms. The van der Waals surface area contributed by atoms with E-state index in [9.17, 15) is 9.59 Å². The summed E-state index contributed by atoms with van der Waals surface area (Å²) >= 11 is 0. The lowest BCUT2D eigenvalue weighted by atomic mass is 9.70. The summed E-state index contributed by atoms with van der Waals surface area (Å²) in [5.74, 6) is 0.976. The molecule has 6 nitrogen and oxygen atoms in total. The van der Waals surface area contributed by atoms with Crippen LogP contribution in [0.5, 0.6) is 0 Å². The molecule has 1 aromatic heterocycles. The number of amides is 2. The van der Waals surface area contributed by atoms with E-state index in [1.807, 2.05) is 23.4 Å². The molecule has 176 valence electrons. The van der Waals surface area contributed by atoms with Crippen molar-refractivity contribution in [1.29, 1.82) is 0 Å². The Morgan fingerprint density at radius 1 is 1.21 bits per heavy atom. The number of likely N-dealkylation sites (tertiary alicyclic amines) is 2. The third-order valence-electron chi connectivity index (χ3n) is 7.89. The molecule has 5 rings (SSSR count). The predicted octanol–water partition coefficient (Wildman–Crippen LogP) is 3.96. The van der Waals surface area contributed by atoms with Crippen LogP contribution >= 0.6 is 0 Å². The second kappa shape index (κ2) is 8.62. The fourth-order valence-corrected chi connectivity index (χ4v) is 5.65. The molecule has 1 saturated carbocycles. The number of hydrogen-bond donors (Lipinski definition) is 0. The SMILES string of the molecule is Cc1ccc(CC(=O)N2C[C@H](c3cn(C(C)C)cn3)[C@@]3(CCCN(CC4CC4)C3=O)C2)cc1. The van der Waals surface area contributed by atoms with Crippen LogP contribution in [0.3, 0.4) is 0 Å². The van der Waals surface area contributed by atoms with E-state index >= 15 is 0 Å². The van der Waals surface area contributed by atoms with Gasteiger partial charge in [-0.1, -0.05) is 29.8 Å². The quantitative estimate of drug-likeness (QED) is 0.672. The molecule has 6 heteroatoms. The number of piperidine rings is 1. The van der Waals surface area contributed by atoms with E-state index in [0.29, 0.717) is 31.5 Å². The first-order valence-corrected chi connectivity index (χ1v) is 12.5. The summed E-state index contributed by atoms with van der Waals surface area (Å²) in [4.78, 5) is 36.1. The van der Waals surface area contributed by atoms with Crippen molar-refractivity contribution in [1.82, 2.24) is 19.4 Å². The zero-order chi connectivity index (χ0) is 23.2. The monoisotopic (exact) mass is 448 g/mol. The largest absolute Gasteiger partial charge is 0.342 e. The molecule has 0 N–H and O–H groups in total. The Morgan fingerprint density at radius 3 is 2.64 bits per heavy atom. The Bertz CT molecular complexity index is 1020. The summed E-state index contributed by atoms with van der Waals surface area (Å²) in [7, 11) is 0. The van der Waals surface area contributed by atoms with Gasteiger partial charge in [0.25, 0.3) is 0 Å². The minimum atomic E-state index is -0.549. The minimum Gasteiger partial charge on any atom is -0.342 e. The molecule has 0 unspecified atom stereocenters. The second-order valence-electron chi connectivity index (χ2n) is 10.8. The van der Waals surface area contributed by atoms with Gasteiger partial charge in [-0.05, 0) is 57.9 Å². The molecule has 0 bridgehead atoms. The van der Waals surface area contributed by atoms with Crippen molar-refractivity contribution in [3.05, 3.63) is 53.6 Å². The maximum Gasteiger partial charge on any atom is 0.231 e. The maximum absolute atomic E-state index is 14.0. The Kier molecular flexibility index (Phi) is 5.79. The molecule has 2 aliphatic heterocycles. The van der Waals surface area contributed by atoms with Gasteiger partial charge in [0.2, 0.25) is 11.8 Å². The fourth-order valence-electron chi connectivity index (χ4n) is 5.65. The normalized spacial score (nSPS) is 25.5. The summed E-state index contributed by atoms with van der Waals surface area (Å²) in [6.07, 6.45) is 8.65. The number of nitrogens with zero attached hydrogens (tertiary/aromatic N) is 4. The summed E-state index contributed by atoms with van der Waals surface area (Å²) in [5, 5.41) is 0. The van der Waals surface area contributed by atoms with E-state index < -0.39 is 5.41 Å². The van der Waals surface area contributed by atoms with Crippen molar-refractivity contribution in [3.8, 4) is 0 Å².